The van der Waals surface area contributed by atoms with Gasteiger partial charge in [0.1, 0.15) is 5.82 Å². The maximum atomic E-state index is 4.69. The van der Waals surface area contributed by atoms with E-state index in [1.54, 1.807) is 0 Å². The summed E-state index contributed by atoms with van der Waals surface area (Å²) >= 11 is 0. The summed E-state index contributed by atoms with van der Waals surface area (Å²) in [4.78, 5) is 14.0. The van der Waals surface area contributed by atoms with E-state index >= 15 is 0 Å². The zero-order valence-corrected chi connectivity index (χ0v) is 15.2. The summed E-state index contributed by atoms with van der Waals surface area (Å²) in [5, 5.41) is 3.41. The molecule has 1 fully saturated rings. The lowest BCUT2D eigenvalue weighted by atomic mass is 10.2. The van der Waals surface area contributed by atoms with Crippen molar-refractivity contribution in [2.45, 2.75) is 32.7 Å². The Labute approximate surface area is 151 Å². The van der Waals surface area contributed by atoms with Crippen molar-refractivity contribution in [1.29, 1.82) is 0 Å². The number of unbranched alkanes of at least 4 members (excludes halogenated alkanes) is 2. The molecule has 0 saturated carbocycles. The van der Waals surface area contributed by atoms with Gasteiger partial charge in [-0.25, -0.2) is 4.98 Å². The van der Waals surface area contributed by atoms with Crippen LogP contribution in [0.2, 0.25) is 0 Å². The van der Waals surface area contributed by atoms with E-state index in [-0.39, 0.29) is 0 Å². The van der Waals surface area contributed by atoms with Gasteiger partial charge in [-0.3, -0.25) is 4.90 Å². The van der Waals surface area contributed by atoms with Gasteiger partial charge in [0, 0.05) is 45.5 Å². The van der Waals surface area contributed by atoms with E-state index in [9.17, 15) is 0 Å². The van der Waals surface area contributed by atoms with Gasteiger partial charge in [0.05, 0.1) is 0 Å². The molecule has 1 aliphatic heterocycles. The average molecular weight is 339 g/mol. The number of hydrogen-bond donors (Lipinski definition) is 1. The summed E-state index contributed by atoms with van der Waals surface area (Å²) in [5.41, 5.74) is 1.38. The van der Waals surface area contributed by atoms with Crippen molar-refractivity contribution in [3.63, 3.8) is 0 Å². The molecule has 5 nitrogen and oxygen atoms in total. The quantitative estimate of drug-likeness (QED) is 0.747. The smallest absolute Gasteiger partial charge is 0.227 e. The van der Waals surface area contributed by atoms with E-state index in [1.807, 2.05) is 12.3 Å². The van der Waals surface area contributed by atoms with E-state index in [4.69, 9.17) is 0 Å². The second-order valence-corrected chi connectivity index (χ2v) is 6.62. The van der Waals surface area contributed by atoms with Crippen LogP contribution in [0.5, 0.6) is 0 Å². The van der Waals surface area contributed by atoms with Crippen molar-refractivity contribution in [3.05, 3.63) is 48.2 Å². The number of hydrogen-bond acceptors (Lipinski definition) is 5. The third kappa shape index (κ3) is 5.43. The molecule has 3 rings (SSSR count). The Morgan fingerprint density at radius 2 is 1.80 bits per heavy atom. The molecular weight excluding hydrogens is 310 g/mol. The minimum Gasteiger partial charge on any atom is -0.370 e. The molecule has 1 aromatic heterocycles. The Bertz CT molecular complexity index is 623. The first-order valence-corrected chi connectivity index (χ1v) is 9.43. The molecule has 1 aliphatic rings. The van der Waals surface area contributed by atoms with E-state index in [0.29, 0.717) is 0 Å². The van der Waals surface area contributed by atoms with E-state index in [0.717, 1.165) is 51.0 Å². The van der Waals surface area contributed by atoms with Crippen molar-refractivity contribution < 1.29 is 0 Å². The Balaban J connectivity index is 1.49. The third-order valence-electron chi connectivity index (χ3n) is 4.63. The van der Waals surface area contributed by atoms with Crippen LogP contribution in [0, 0.1) is 0 Å². The second-order valence-electron chi connectivity index (χ2n) is 6.62. The van der Waals surface area contributed by atoms with Crippen LogP contribution in [0.1, 0.15) is 31.7 Å². The molecule has 0 aliphatic carbocycles. The first-order valence-electron chi connectivity index (χ1n) is 9.43. The SMILES string of the molecule is CCCCCNc1ccnc(N2CCN(Cc3ccccc3)CC2)n1. The van der Waals surface area contributed by atoms with Gasteiger partial charge in [-0.15, -0.1) is 0 Å². The topological polar surface area (TPSA) is 44.3 Å². The number of nitrogens with zero attached hydrogens (tertiary/aromatic N) is 4. The van der Waals surface area contributed by atoms with Crippen molar-refractivity contribution in [2.24, 2.45) is 0 Å². The molecular formula is C20H29N5. The zero-order valence-electron chi connectivity index (χ0n) is 15.2. The first-order chi connectivity index (χ1) is 12.3. The molecule has 1 aromatic carbocycles. The number of nitrogens with one attached hydrogen (secondary N) is 1. The van der Waals surface area contributed by atoms with E-state index < -0.39 is 0 Å². The van der Waals surface area contributed by atoms with Crippen LogP contribution >= 0.6 is 0 Å². The van der Waals surface area contributed by atoms with Crippen molar-refractivity contribution >= 4 is 11.8 Å². The van der Waals surface area contributed by atoms with Gasteiger partial charge in [0.15, 0.2) is 0 Å². The molecule has 134 valence electrons. The van der Waals surface area contributed by atoms with Gasteiger partial charge in [-0.1, -0.05) is 50.1 Å². The van der Waals surface area contributed by atoms with Crippen LogP contribution in [0.3, 0.4) is 0 Å². The normalized spacial score (nSPS) is 15.3. The maximum absolute atomic E-state index is 4.69. The molecule has 1 N–H and O–H groups in total. The maximum Gasteiger partial charge on any atom is 0.227 e. The lowest BCUT2D eigenvalue weighted by molar-refractivity contribution is 0.248. The molecule has 5 heteroatoms. The highest BCUT2D eigenvalue weighted by Gasteiger charge is 2.19. The van der Waals surface area contributed by atoms with Gasteiger partial charge in [-0.05, 0) is 18.1 Å². The van der Waals surface area contributed by atoms with Gasteiger partial charge >= 0.3 is 0 Å². The zero-order chi connectivity index (χ0) is 17.3. The fourth-order valence-corrected chi connectivity index (χ4v) is 3.14. The molecule has 2 aromatic rings. The highest BCUT2D eigenvalue weighted by Crippen LogP contribution is 2.15. The Morgan fingerprint density at radius 1 is 1.00 bits per heavy atom. The Hall–Kier alpha value is -2.14. The standard InChI is InChI=1S/C20H29N5/c1-2-3-7-11-21-19-10-12-22-20(23-19)25-15-13-24(14-16-25)17-18-8-5-4-6-9-18/h4-6,8-10,12H,2-3,7,11,13-17H2,1H3,(H,21,22,23). The number of anilines is 2. The molecule has 0 spiro atoms. The van der Waals surface area contributed by atoms with Gasteiger partial charge in [0.25, 0.3) is 0 Å². The Morgan fingerprint density at radius 3 is 2.56 bits per heavy atom. The van der Waals surface area contributed by atoms with Crippen LogP contribution in [-0.4, -0.2) is 47.6 Å². The lowest BCUT2D eigenvalue weighted by Gasteiger charge is -2.34. The minimum absolute atomic E-state index is 0.847. The van der Waals surface area contributed by atoms with Crippen LogP contribution < -0.4 is 10.2 Å². The monoisotopic (exact) mass is 339 g/mol. The molecule has 1 saturated heterocycles. The molecule has 25 heavy (non-hydrogen) atoms. The molecule has 0 amide bonds. The number of benzene rings is 1. The summed E-state index contributed by atoms with van der Waals surface area (Å²) in [6, 6.07) is 12.6. The predicted octanol–water partition coefficient (Wildman–Crippen LogP) is 3.40. The molecule has 2 heterocycles. The summed E-state index contributed by atoms with van der Waals surface area (Å²) in [5.74, 6) is 1.78. The predicted molar refractivity (Wildman–Crippen MR) is 104 cm³/mol. The fraction of sp³-hybridized carbons (Fsp3) is 0.500. The average Bonchev–Trinajstić information content (AvgIpc) is 2.67. The van der Waals surface area contributed by atoms with E-state index in [1.165, 1.54) is 24.8 Å². The Kier molecular flexibility index (Phi) is 6.63. The highest BCUT2D eigenvalue weighted by molar-refractivity contribution is 5.41. The summed E-state index contributed by atoms with van der Waals surface area (Å²) in [6.45, 7) is 8.28. The van der Waals surface area contributed by atoms with Crippen LogP contribution in [0.25, 0.3) is 0 Å². The molecule has 0 atom stereocenters. The molecule has 0 radical (unpaired) electrons. The van der Waals surface area contributed by atoms with Crippen molar-refractivity contribution in [1.82, 2.24) is 14.9 Å². The number of aromatic nitrogens is 2. The molecule has 0 bridgehead atoms. The first kappa shape index (κ1) is 17.7. The highest BCUT2D eigenvalue weighted by atomic mass is 15.3. The largest absolute Gasteiger partial charge is 0.370 e. The fourth-order valence-electron chi connectivity index (χ4n) is 3.14. The third-order valence-corrected chi connectivity index (χ3v) is 4.63. The number of piperazine rings is 1. The lowest BCUT2D eigenvalue weighted by Crippen LogP contribution is -2.46. The van der Waals surface area contributed by atoms with E-state index in [2.05, 4.69) is 62.3 Å². The van der Waals surface area contributed by atoms with Gasteiger partial charge in [-0.2, -0.15) is 4.98 Å². The van der Waals surface area contributed by atoms with Crippen molar-refractivity contribution in [2.75, 3.05) is 42.9 Å². The molecule has 0 unspecified atom stereocenters. The van der Waals surface area contributed by atoms with Gasteiger partial charge < -0.3 is 10.2 Å². The van der Waals surface area contributed by atoms with Crippen LogP contribution in [0.15, 0.2) is 42.6 Å². The summed E-state index contributed by atoms with van der Waals surface area (Å²) in [7, 11) is 0. The minimum atomic E-state index is 0.847. The summed E-state index contributed by atoms with van der Waals surface area (Å²) < 4.78 is 0. The summed E-state index contributed by atoms with van der Waals surface area (Å²) in [6.07, 6.45) is 5.55. The van der Waals surface area contributed by atoms with Crippen molar-refractivity contribution in [3.8, 4) is 0 Å². The number of rotatable bonds is 8. The van der Waals surface area contributed by atoms with Gasteiger partial charge in [0.2, 0.25) is 5.95 Å². The van der Waals surface area contributed by atoms with Crippen LogP contribution in [0.4, 0.5) is 11.8 Å². The van der Waals surface area contributed by atoms with Crippen LogP contribution in [-0.2, 0) is 6.54 Å². The second kappa shape index (κ2) is 9.37.